The molecule has 82 valence electrons. The second-order valence-corrected chi connectivity index (χ2v) is 2.43. The number of rotatable bonds is 5. The molecule has 0 rings (SSSR count). The van der Waals surface area contributed by atoms with Gasteiger partial charge in [0.2, 0.25) is 0 Å². The Balaban J connectivity index is -0.000000240. The van der Waals surface area contributed by atoms with Gasteiger partial charge in [-0.3, -0.25) is 0 Å². The standard InChI is InChI=1S/C6H8O7.Ca.ClH.Na/c7-3(8)1-6(13,5(11)12)2-4(9)10;;;/h13H,1-2H2,(H,7,8)(H,9,10)(H,11,12);;1H;/q;+2;;+1/p-3. The van der Waals surface area contributed by atoms with Crippen LogP contribution in [-0.2, 0) is 14.4 Å². The summed E-state index contributed by atoms with van der Waals surface area (Å²) in [5, 5.41) is 37.2. The minimum Gasteiger partial charge on any atom is -1.00 e. The maximum atomic E-state index is 10.3. The van der Waals surface area contributed by atoms with E-state index in [1.165, 1.54) is 0 Å². The monoisotopic (exact) mass is 288 g/mol. The number of carbonyl (C=O) groups is 3. The van der Waals surface area contributed by atoms with Crippen molar-refractivity contribution in [3.63, 3.8) is 0 Å². The van der Waals surface area contributed by atoms with Crippen LogP contribution in [0.3, 0.4) is 0 Å². The Hall–Kier alpha value is 0.920. The van der Waals surface area contributed by atoms with Crippen LogP contribution in [0.25, 0.3) is 0 Å². The van der Waals surface area contributed by atoms with Gasteiger partial charge in [0.25, 0.3) is 0 Å². The molecule has 0 saturated heterocycles. The van der Waals surface area contributed by atoms with E-state index >= 15 is 0 Å². The number of carboxylic acids is 3. The molecule has 0 aromatic rings. The summed E-state index contributed by atoms with van der Waals surface area (Å²) in [7, 11) is 0. The van der Waals surface area contributed by atoms with Crippen molar-refractivity contribution in [3.05, 3.63) is 0 Å². The van der Waals surface area contributed by atoms with Crippen molar-refractivity contribution in [1.82, 2.24) is 0 Å². The molecule has 0 heterocycles. The van der Waals surface area contributed by atoms with Crippen LogP contribution in [0, 0.1) is 0 Å². The SMILES string of the molecule is O=C([O-])CC(O)(CC(=O)[O-])C(=O)O.[Ca+2].[Cl-].[Na+]. The molecule has 0 spiro atoms. The first kappa shape index (κ1) is 25.7. The van der Waals surface area contributed by atoms with Crippen molar-refractivity contribution in [2.45, 2.75) is 18.4 Å². The predicted octanol–water partition coefficient (Wildman–Crippen LogP) is -10.3. The molecule has 0 unspecified atom stereocenters. The summed E-state index contributed by atoms with van der Waals surface area (Å²) in [5.41, 5.74) is -2.86. The van der Waals surface area contributed by atoms with Crippen molar-refractivity contribution in [3.8, 4) is 0 Å². The number of aliphatic hydroxyl groups is 1. The van der Waals surface area contributed by atoms with Crippen LogP contribution in [0.2, 0.25) is 0 Å². The molecule has 2 N–H and O–H groups in total. The zero-order valence-electron chi connectivity index (χ0n) is 8.43. The predicted molar refractivity (Wildman–Crippen MR) is 37.6 cm³/mol. The molecule has 0 amide bonds. The largest absolute Gasteiger partial charge is 2.00 e. The average molecular weight is 289 g/mol. The minimum absolute atomic E-state index is 0. The Morgan fingerprint density at radius 2 is 1.31 bits per heavy atom. The van der Waals surface area contributed by atoms with Gasteiger partial charge >= 0.3 is 73.3 Å². The molecule has 7 nitrogen and oxygen atoms in total. The Labute approximate surface area is 149 Å². The normalized spacial score (nSPS) is 8.81. The van der Waals surface area contributed by atoms with Crippen LogP contribution < -0.4 is 52.2 Å². The summed E-state index contributed by atoms with van der Waals surface area (Å²) in [6.07, 6.45) is -2.59. The van der Waals surface area contributed by atoms with Crippen molar-refractivity contribution in [2.24, 2.45) is 0 Å². The van der Waals surface area contributed by atoms with Gasteiger partial charge in [0, 0.05) is 24.8 Å². The van der Waals surface area contributed by atoms with Crippen LogP contribution in [0.5, 0.6) is 0 Å². The Bertz CT molecular complexity index is 243. The molecule has 0 bridgehead atoms. The van der Waals surface area contributed by atoms with E-state index in [1.807, 2.05) is 0 Å². The fraction of sp³-hybridized carbons (Fsp3) is 0.500. The summed E-state index contributed by atoms with van der Waals surface area (Å²) in [6, 6.07) is 0. The fourth-order valence-corrected chi connectivity index (χ4v) is 0.691. The second kappa shape index (κ2) is 11.0. The minimum atomic E-state index is -2.86. The third-order valence-electron chi connectivity index (χ3n) is 1.27. The molecule has 0 atom stereocenters. The molecule has 0 aromatic heterocycles. The summed E-state index contributed by atoms with van der Waals surface area (Å²) in [6.45, 7) is 0. The smallest absolute Gasteiger partial charge is 1.00 e. The van der Waals surface area contributed by atoms with Gasteiger partial charge in [-0.25, -0.2) is 4.79 Å². The molecule has 0 aliphatic heterocycles. The zero-order valence-corrected chi connectivity index (χ0v) is 13.4. The van der Waals surface area contributed by atoms with E-state index in [9.17, 15) is 24.6 Å². The van der Waals surface area contributed by atoms with E-state index in [2.05, 4.69) is 0 Å². The number of hydrogen-bond acceptors (Lipinski definition) is 6. The molecule has 0 fully saturated rings. The molecular weight excluding hydrogens is 283 g/mol. The van der Waals surface area contributed by atoms with Crippen LogP contribution in [0.4, 0.5) is 0 Å². The quantitative estimate of drug-likeness (QED) is 0.479. The topological polar surface area (TPSA) is 138 Å². The number of aliphatic carboxylic acids is 3. The molecular formula is C6H6CaClNaO7. The fourth-order valence-electron chi connectivity index (χ4n) is 0.691. The molecule has 0 aliphatic carbocycles. The van der Waals surface area contributed by atoms with E-state index in [4.69, 9.17) is 10.2 Å². The van der Waals surface area contributed by atoms with Crippen LogP contribution >= 0.6 is 0 Å². The van der Waals surface area contributed by atoms with E-state index in [1.54, 1.807) is 0 Å². The number of hydrogen-bond donors (Lipinski definition) is 2. The second-order valence-electron chi connectivity index (χ2n) is 2.43. The van der Waals surface area contributed by atoms with Gasteiger partial charge in [-0.2, -0.15) is 0 Å². The van der Waals surface area contributed by atoms with E-state index in [-0.39, 0.29) is 79.7 Å². The molecule has 0 aliphatic rings. The zero-order chi connectivity index (χ0) is 10.6. The van der Waals surface area contributed by atoms with Crippen LogP contribution in [0.15, 0.2) is 0 Å². The van der Waals surface area contributed by atoms with Gasteiger partial charge in [0.05, 0.1) is 0 Å². The molecule has 16 heavy (non-hydrogen) atoms. The average Bonchev–Trinajstić information content (AvgIpc) is 1.82. The van der Waals surface area contributed by atoms with Gasteiger partial charge < -0.3 is 42.4 Å². The Kier molecular flexibility index (Phi) is 17.7. The molecule has 10 heteroatoms. The van der Waals surface area contributed by atoms with E-state index in [0.29, 0.717) is 0 Å². The third kappa shape index (κ3) is 10.1. The van der Waals surface area contributed by atoms with E-state index in [0.717, 1.165) is 0 Å². The molecule has 0 radical (unpaired) electrons. The maximum Gasteiger partial charge on any atom is 2.00 e. The summed E-state index contributed by atoms with van der Waals surface area (Å²) >= 11 is 0. The summed E-state index contributed by atoms with van der Waals surface area (Å²) in [5.74, 6) is -5.65. The number of carbonyl (C=O) groups excluding carboxylic acids is 2. The summed E-state index contributed by atoms with van der Waals surface area (Å²) < 4.78 is 0. The van der Waals surface area contributed by atoms with Gasteiger partial charge in [-0.15, -0.1) is 0 Å². The van der Waals surface area contributed by atoms with Crippen molar-refractivity contribution in [1.29, 1.82) is 0 Å². The number of carboxylic acid groups (broad SMARTS) is 3. The molecule has 0 aromatic carbocycles. The van der Waals surface area contributed by atoms with Gasteiger partial charge in [0.15, 0.2) is 5.60 Å². The molecule has 0 saturated carbocycles. The van der Waals surface area contributed by atoms with Gasteiger partial charge in [-0.05, 0) is 0 Å². The first-order valence-electron chi connectivity index (χ1n) is 3.13. The van der Waals surface area contributed by atoms with Crippen molar-refractivity contribution < 1.29 is 76.8 Å². The van der Waals surface area contributed by atoms with Gasteiger partial charge in [0.1, 0.15) is 0 Å². The van der Waals surface area contributed by atoms with Crippen molar-refractivity contribution >= 4 is 55.6 Å². The Morgan fingerprint density at radius 3 is 1.44 bits per heavy atom. The Morgan fingerprint density at radius 1 is 1.06 bits per heavy atom. The van der Waals surface area contributed by atoms with Crippen LogP contribution in [-0.4, -0.2) is 71.5 Å². The van der Waals surface area contributed by atoms with Crippen LogP contribution in [0.1, 0.15) is 12.8 Å². The first-order valence-corrected chi connectivity index (χ1v) is 3.13. The van der Waals surface area contributed by atoms with E-state index < -0.39 is 36.4 Å². The number of halogens is 1. The third-order valence-corrected chi connectivity index (χ3v) is 1.27. The van der Waals surface area contributed by atoms with Crippen molar-refractivity contribution in [2.75, 3.05) is 0 Å². The summed E-state index contributed by atoms with van der Waals surface area (Å²) in [4.78, 5) is 30.2. The first-order chi connectivity index (χ1) is 5.78. The maximum absolute atomic E-state index is 10.3. The van der Waals surface area contributed by atoms with Gasteiger partial charge in [-0.1, -0.05) is 0 Å².